The lowest BCUT2D eigenvalue weighted by Crippen LogP contribution is -2.45. The predicted octanol–water partition coefficient (Wildman–Crippen LogP) is 6.40. The summed E-state index contributed by atoms with van der Waals surface area (Å²) in [6.45, 7) is 4.99. The number of nitrogens with zero attached hydrogens (tertiary/aromatic N) is 1. The van der Waals surface area contributed by atoms with Crippen LogP contribution in [-0.4, -0.2) is 39.7 Å². The van der Waals surface area contributed by atoms with Crippen LogP contribution in [0.4, 0.5) is 0 Å². The number of carboxylic acids is 1. The Balaban J connectivity index is 1.35. The molecule has 1 unspecified atom stereocenters. The van der Waals surface area contributed by atoms with Crippen LogP contribution < -0.4 is 0 Å². The summed E-state index contributed by atoms with van der Waals surface area (Å²) in [4.78, 5) is 17.5. The Labute approximate surface area is 207 Å². The number of rotatable bonds is 7. The van der Waals surface area contributed by atoms with Gasteiger partial charge >= 0.3 is 5.97 Å². The molecule has 2 aromatic carbocycles. The van der Waals surface area contributed by atoms with Crippen LogP contribution in [0.25, 0.3) is 10.9 Å². The Hall–Kier alpha value is -2.63. The molecule has 0 bridgehead atoms. The number of benzene rings is 2. The molecule has 1 aliphatic carbocycles. The summed E-state index contributed by atoms with van der Waals surface area (Å²) in [5, 5.41) is 10.7. The van der Waals surface area contributed by atoms with Gasteiger partial charge in [0.1, 0.15) is 0 Å². The number of likely N-dealkylation sites (tertiary alicyclic amines) is 1. The summed E-state index contributed by atoms with van der Waals surface area (Å²) in [5.41, 5.74) is 7.06. The number of aromatic carboxylic acids is 1. The van der Waals surface area contributed by atoms with E-state index in [1.807, 2.05) is 12.1 Å². The van der Waals surface area contributed by atoms with E-state index >= 15 is 0 Å². The van der Waals surface area contributed by atoms with Crippen LogP contribution >= 0.6 is 0 Å². The number of carboxylic acid groups (broad SMARTS) is 1. The summed E-state index contributed by atoms with van der Waals surface area (Å²) in [5.74, 6) is 0.0439. The van der Waals surface area contributed by atoms with Gasteiger partial charge in [-0.3, -0.25) is 4.90 Å². The fourth-order valence-corrected chi connectivity index (χ4v) is 6.49. The van der Waals surface area contributed by atoms with E-state index in [0.717, 1.165) is 57.7 Å². The Kier molecular flexibility index (Phi) is 5.93. The number of aromatic amines is 1. The third kappa shape index (κ3) is 4.52. The maximum absolute atomic E-state index is 11.4. The zero-order valence-corrected chi connectivity index (χ0v) is 20.7. The minimum absolute atomic E-state index is 0.0296. The topological polar surface area (TPSA) is 65.6 Å². The minimum Gasteiger partial charge on any atom is -0.478 e. The molecule has 1 aromatic heterocycles. The van der Waals surface area contributed by atoms with Gasteiger partial charge in [-0.05, 0) is 91.8 Å². The maximum atomic E-state index is 11.4. The third-order valence-electron chi connectivity index (χ3n) is 8.71. The fourth-order valence-electron chi connectivity index (χ4n) is 6.49. The van der Waals surface area contributed by atoms with Crippen LogP contribution in [-0.2, 0) is 17.7 Å². The van der Waals surface area contributed by atoms with Crippen molar-refractivity contribution in [2.24, 2.45) is 5.92 Å². The monoisotopic (exact) mass is 472 g/mol. The van der Waals surface area contributed by atoms with Gasteiger partial charge in [-0.2, -0.15) is 0 Å². The van der Waals surface area contributed by atoms with Crippen molar-refractivity contribution >= 4 is 16.9 Å². The van der Waals surface area contributed by atoms with Gasteiger partial charge < -0.3 is 14.8 Å². The number of piperidine rings is 1. The largest absolute Gasteiger partial charge is 0.478 e. The molecule has 0 radical (unpaired) electrons. The van der Waals surface area contributed by atoms with Crippen molar-refractivity contribution in [3.8, 4) is 0 Å². The first kappa shape index (κ1) is 22.8. The van der Waals surface area contributed by atoms with Crippen LogP contribution in [0.2, 0.25) is 0 Å². The highest BCUT2D eigenvalue weighted by atomic mass is 16.5. The lowest BCUT2D eigenvalue weighted by atomic mass is 9.81. The Morgan fingerprint density at radius 1 is 1.20 bits per heavy atom. The number of nitrogens with one attached hydrogen (secondary N) is 1. The predicted molar refractivity (Wildman–Crippen MR) is 138 cm³/mol. The molecule has 2 aliphatic heterocycles. The summed E-state index contributed by atoms with van der Waals surface area (Å²) in [7, 11) is 0. The number of carbonyl (C=O) groups is 1. The van der Waals surface area contributed by atoms with Crippen molar-refractivity contribution in [2.75, 3.05) is 13.2 Å². The van der Waals surface area contributed by atoms with Gasteiger partial charge in [0, 0.05) is 42.8 Å². The molecule has 3 fully saturated rings. The summed E-state index contributed by atoms with van der Waals surface area (Å²) in [6, 6.07) is 12.4. The molecule has 2 N–H and O–H groups in total. The number of H-pyrrole nitrogens is 1. The molecule has 1 saturated carbocycles. The fraction of sp³-hybridized carbons (Fsp3) is 0.500. The summed E-state index contributed by atoms with van der Waals surface area (Å²) < 4.78 is 6.34. The van der Waals surface area contributed by atoms with E-state index in [2.05, 4.69) is 35.1 Å². The molecule has 35 heavy (non-hydrogen) atoms. The van der Waals surface area contributed by atoms with Gasteiger partial charge in [0.15, 0.2) is 0 Å². The first-order valence-electron chi connectivity index (χ1n) is 13.3. The quantitative estimate of drug-likeness (QED) is 0.417. The van der Waals surface area contributed by atoms with E-state index in [0.29, 0.717) is 5.56 Å². The standard InChI is InChI=1S/C30H36N2O3/c1-20-17-24(6-5-21-3-4-21)26(25-11-14-31-28(20)25)19-32-15-13-30(12-2-16-35-30)18-27(32)22-7-9-23(10-8-22)29(33)34/h7-11,14,17,21,27,31H,2-6,12-13,15-16,18-19H2,1H3,(H,33,34)/t27-,30?/m0/s1. The second-order valence-electron chi connectivity index (χ2n) is 11.1. The first-order chi connectivity index (χ1) is 17.0. The highest BCUT2D eigenvalue weighted by Gasteiger charge is 2.43. The molecule has 2 saturated heterocycles. The lowest BCUT2D eigenvalue weighted by molar-refractivity contribution is -0.0676. The van der Waals surface area contributed by atoms with Crippen LogP contribution in [0.3, 0.4) is 0 Å². The van der Waals surface area contributed by atoms with E-state index in [1.54, 1.807) is 12.1 Å². The molecule has 2 atom stereocenters. The molecule has 3 heterocycles. The average Bonchev–Trinajstić information content (AvgIpc) is 3.36. The Morgan fingerprint density at radius 2 is 2.03 bits per heavy atom. The molecule has 1 spiro atoms. The van der Waals surface area contributed by atoms with Crippen LogP contribution in [0, 0.1) is 12.8 Å². The number of ether oxygens (including phenoxy) is 1. The maximum Gasteiger partial charge on any atom is 0.335 e. The second-order valence-corrected chi connectivity index (χ2v) is 11.1. The van der Waals surface area contributed by atoms with Gasteiger partial charge in [-0.15, -0.1) is 0 Å². The SMILES string of the molecule is Cc1cc(CCC2CC2)c(CN2CCC3(CCCO3)C[C@H]2c2ccc(C(=O)O)cc2)c2cc[nH]c12. The molecule has 184 valence electrons. The smallest absolute Gasteiger partial charge is 0.335 e. The van der Waals surface area contributed by atoms with Gasteiger partial charge in [0.05, 0.1) is 11.2 Å². The average molecular weight is 473 g/mol. The van der Waals surface area contributed by atoms with Gasteiger partial charge in [0.2, 0.25) is 0 Å². The van der Waals surface area contributed by atoms with Crippen LogP contribution in [0.1, 0.15) is 83.6 Å². The van der Waals surface area contributed by atoms with Crippen molar-refractivity contribution < 1.29 is 14.6 Å². The molecular formula is C30H36N2O3. The third-order valence-corrected chi connectivity index (χ3v) is 8.71. The van der Waals surface area contributed by atoms with Crippen molar-refractivity contribution in [2.45, 2.75) is 76.5 Å². The molecule has 5 nitrogen and oxygen atoms in total. The molecule has 3 aliphatic rings. The number of aromatic nitrogens is 1. The highest BCUT2D eigenvalue weighted by Crippen LogP contribution is 2.45. The van der Waals surface area contributed by atoms with Gasteiger partial charge in [-0.1, -0.05) is 31.0 Å². The number of hydrogen-bond donors (Lipinski definition) is 2. The van der Waals surface area contributed by atoms with Crippen molar-refractivity contribution in [1.29, 1.82) is 0 Å². The van der Waals surface area contributed by atoms with Crippen LogP contribution in [0.5, 0.6) is 0 Å². The van der Waals surface area contributed by atoms with Gasteiger partial charge in [0.25, 0.3) is 0 Å². The van der Waals surface area contributed by atoms with E-state index in [4.69, 9.17) is 4.74 Å². The highest BCUT2D eigenvalue weighted by molar-refractivity contribution is 5.88. The second kappa shape index (κ2) is 9.11. The zero-order valence-electron chi connectivity index (χ0n) is 20.7. The van der Waals surface area contributed by atoms with E-state index in [9.17, 15) is 9.90 Å². The number of aryl methyl sites for hydroxylation is 2. The van der Waals surface area contributed by atoms with Gasteiger partial charge in [-0.25, -0.2) is 4.79 Å². The Bertz CT molecular complexity index is 1220. The first-order valence-corrected chi connectivity index (χ1v) is 13.3. The van der Waals surface area contributed by atoms with Crippen molar-refractivity contribution in [3.63, 3.8) is 0 Å². The Morgan fingerprint density at radius 3 is 2.74 bits per heavy atom. The van der Waals surface area contributed by atoms with Crippen molar-refractivity contribution in [1.82, 2.24) is 9.88 Å². The molecule has 3 aromatic rings. The van der Waals surface area contributed by atoms with E-state index < -0.39 is 5.97 Å². The molecule has 6 rings (SSSR count). The normalized spacial score (nSPS) is 25.0. The van der Waals surface area contributed by atoms with Crippen LogP contribution in [0.15, 0.2) is 42.6 Å². The summed E-state index contributed by atoms with van der Waals surface area (Å²) >= 11 is 0. The molecular weight excluding hydrogens is 436 g/mol. The van der Waals surface area contributed by atoms with E-state index in [1.165, 1.54) is 52.4 Å². The minimum atomic E-state index is -0.873. The van der Waals surface area contributed by atoms with E-state index in [-0.39, 0.29) is 11.6 Å². The molecule has 5 heteroatoms. The lowest BCUT2D eigenvalue weighted by Gasteiger charge is -2.45. The summed E-state index contributed by atoms with van der Waals surface area (Å²) in [6.07, 6.45) is 11.6. The molecule has 0 amide bonds. The van der Waals surface area contributed by atoms with Crippen molar-refractivity contribution in [3.05, 3.63) is 70.4 Å². The number of fused-ring (bicyclic) bond motifs is 1. The zero-order chi connectivity index (χ0) is 24.0. The number of hydrogen-bond acceptors (Lipinski definition) is 3.